The molecule has 1 fully saturated rings. The van der Waals surface area contributed by atoms with Gasteiger partial charge in [0.05, 0.1) is 28.7 Å². The Morgan fingerprint density at radius 2 is 1.97 bits per heavy atom. The third kappa shape index (κ3) is 3.93. The second-order valence-corrected chi connectivity index (χ2v) is 9.48. The Morgan fingerprint density at radius 1 is 1.28 bits per heavy atom. The molecule has 2 aromatic rings. The molecule has 10 nitrogen and oxygen atoms in total. The Labute approximate surface area is 206 Å². The molecule has 2 aromatic carbocycles. The van der Waals surface area contributed by atoms with E-state index in [1.165, 1.54) is 29.2 Å². The summed E-state index contributed by atoms with van der Waals surface area (Å²) in [6.07, 6.45) is -0.0966. The second kappa shape index (κ2) is 8.87. The van der Waals surface area contributed by atoms with Gasteiger partial charge in [-0.2, -0.15) is 0 Å². The molecular formula is C26H25N3O7. The molecule has 186 valence electrons. The van der Waals surface area contributed by atoms with Gasteiger partial charge >= 0.3 is 5.97 Å². The van der Waals surface area contributed by atoms with Crippen molar-refractivity contribution in [2.45, 2.75) is 51.0 Å². The van der Waals surface area contributed by atoms with E-state index in [0.29, 0.717) is 24.0 Å². The number of hydrogen-bond donors (Lipinski definition) is 1. The van der Waals surface area contributed by atoms with E-state index in [-0.39, 0.29) is 29.9 Å². The van der Waals surface area contributed by atoms with E-state index in [4.69, 9.17) is 9.57 Å². The number of ether oxygens (including phenoxy) is 1. The number of non-ortho nitro benzene ring substituents is 1. The largest absolute Gasteiger partial charge is 0.456 e. The number of hydrogen-bond acceptors (Lipinski definition) is 8. The van der Waals surface area contributed by atoms with E-state index in [0.717, 1.165) is 11.3 Å². The number of oxime groups is 1. The molecule has 0 unspecified atom stereocenters. The number of aliphatic hydroxyl groups is 1. The van der Waals surface area contributed by atoms with Crippen molar-refractivity contribution in [2.24, 2.45) is 11.1 Å². The summed E-state index contributed by atoms with van der Waals surface area (Å²) in [4.78, 5) is 43.9. The van der Waals surface area contributed by atoms with Crippen molar-refractivity contribution >= 4 is 23.3 Å². The zero-order chi connectivity index (χ0) is 25.6. The minimum Gasteiger partial charge on any atom is -0.456 e. The summed E-state index contributed by atoms with van der Waals surface area (Å²) in [5, 5.41) is 25.3. The zero-order valence-electron chi connectivity index (χ0n) is 19.8. The number of nitro groups is 1. The fraction of sp³-hybridized carbons (Fsp3) is 0.346. The molecular weight excluding hydrogens is 466 g/mol. The molecule has 0 aliphatic carbocycles. The predicted octanol–water partition coefficient (Wildman–Crippen LogP) is 3.09. The van der Waals surface area contributed by atoms with Crippen LogP contribution in [0, 0.1) is 16.0 Å². The SMILES string of the molecule is C[C@@H](O)[C@H]1C(=O)N2C(C(=O)OCc3ccc([N+](=O)[O-])cc3)=C([C@@]3(C)CC(c4ccccc4)=NO3)C[C@H]12. The van der Waals surface area contributed by atoms with Gasteiger partial charge in [-0.3, -0.25) is 14.9 Å². The van der Waals surface area contributed by atoms with Crippen LogP contribution in [0.2, 0.25) is 0 Å². The molecule has 5 rings (SSSR count). The fourth-order valence-corrected chi connectivity index (χ4v) is 5.15. The van der Waals surface area contributed by atoms with Crippen LogP contribution in [0.25, 0.3) is 0 Å². The maximum Gasteiger partial charge on any atom is 0.355 e. The number of fused-ring (bicyclic) bond motifs is 1. The van der Waals surface area contributed by atoms with Gasteiger partial charge in [-0.15, -0.1) is 0 Å². The molecule has 0 aromatic heterocycles. The number of nitrogens with zero attached hydrogens (tertiary/aromatic N) is 3. The highest BCUT2D eigenvalue weighted by Gasteiger charge is 2.60. The van der Waals surface area contributed by atoms with Crippen molar-refractivity contribution in [2.75, 3.05) is 0 Å². The Hall–Kier alpha value is -4.05. The Kier molecular flexibility index (Phi) is 5.83. The van der Waals surface area contributed by atoms with Gasteiger partial charge in [-0.05, 0) is 43.5 Å². The third-order valence-electron chi connectivity index (χ3n) is 7.05. The zero-order valence-corrected chi connectivity index (χ0v) is 19.8. The Balaban J connectivity index is 1.41. The van der Waals surface area contributed by atoms with E-state index in [9.17, 15) is 24.8 Å². The number of β-lactam (4-membered cyclic amide) rings is 1. The first kappa shape index (κ1) is 23.7. The number of amides is 1. The first-order valence-electron chi connectivity index (χ1n) is 11.7. The lowest BCUT2D eigenvalue weighted by Crippen LogP contribution is -2.61. The molecule has 3 aliphatic heterocycles. The standard InChI is InChI=1S/C26H25N3O7/c1-15(30)22-21-12-19(26(2)13-20(27-36-26)17-6-4-3-5-7-17)23(28(21)24(22)31)25(32)35-14-16-8-10-18(11-9-16)29(33)34/h3-11,15,21-22,30H,12-14H2,1-2H3/t15-,21-,22-,26-/m1/s1. The van der Waals surface area contributed by atoms with Gasteiger partial charge in [0.1, 0.15) is 12.3 Å². The quantitative estimate of drug-likeness (QED) is 0.272. The number of carbonyl (C=O) groups is 2. The average Bonchev–Trinajstić information content (AvgIpc) is 3.43. The van der Waals surface area contributed by atoms with Crippen molar-refractivity contribution in [3.05, 3.63) is 87.1 Å². The van der Waals surface area contributed by atoms with Crippen molar-refractivity contribution in [1.29, 1.82) is 0 Å². The molecule has 3 aliphatic rings. The van der Waals surface area contributed by atoms with Crippen LogP contribution >= 0.6 is 0 Å². The van der Waals surface area contributed by atoms with Crippen molar-refractivity contribution in [3.8, 4) is 0 Å². The van der Waals surface area contributed by atoms with E-state index in [1.807, 2.05) is 37.3 Å². The number of esters is 1. The lowest BCUT2D eigenvalue weighted by atomic mass is 9.80. The molecule has 36 heavy (non-hydrogen) atoms. The number of nitro benzene ring substituents is 1. The smallest absolute Gasteiger partial charge is 0.355 e. The molecule has 0 bridgehead atoms. The molecule has 1 amide bonds. The monoisotopic (exact) mass is 491 g/mol. The van der Waals surface area contributed by atoms with E-state index in [1.54, 1.807) is 6.92 Å². The van der Waals surface area contributed by atoms with Crippen LogP contribution < -0.4 is 0 Å². The molecule has 1 N–H and O–H groups in total. The van der Waals surface area contributed by atoms with Crippen molar-refractivity contribution in [1.82, 2.24) is 4.90 Å². The number of aliphatic hydroxyl groups excluding tert-OH is 1. The maximum absolute atomic E-state index is 13.3. The average molecular weight is 492 g/mol. The van der Waals surface area contributed by atoms with Gasteiger partial charge in [-0.1, -0.05) is 35.5 Å². The normalized spacial score (nSPS) is 25.6. The molecule has 3 heterocycles. The minimum atomic E-state index is -0.965. The van der Waals surface area contributed by atoms with Gasteiger partial charge in [0.2, 0.25) is 5.91 Å². The fourth-order valence-electron chi connectivity index (χ4n) is 5.15. The Bertz CT molecular complexity index is 1290. The van der Waals surface area contributed by atoms with Crippen LogP contribution in [-0.4, -0.2) is 50.3 Å². The summed E-state index contributed by atoms with van der Waals surface area (Å²) in [5.41, 5.74) is 1.90. The van der Waals surface area contributed by atoms with E-state index >= 15 is 0 Å². The minimum absolute atomic E-state index is 0.0652. The predicted molar refractivity (Wildman–Crippen MR) is 127 cm³/mol. The van der Waals surface area contributed by atoms with Crippen LogP contribution in [0.5, 0.6) is 0 Å². The summed E-state index contributed by atoms with van der Waals surface area (Å²) in [7, 11) is 0. The lowest BCUT2D eigenvalue weighted by Gasteiger charge is -2.44. The molecule has 1 saturated heterocycles. The maximum atomic E-state index is 13.3. The number of rotatable bonds is 7. The second-order valence-electron chi connectivity index (χ2n) is 9.48. The van der Waals surface area contributed by atoms with Crippen LogP contribution in [-0.2, 0) is 25.8 Å². The van der Waals surface area contributed by atoms with Gasteiger partial charge in [0.25, 0.3) is 5.69 Å². The van der Waals surface area contributed by atoms with Gasteiger partial charge in [0, 0.05) is 24.1 Å². The third-order valence-corrected chi connectivity index (χ3v) is 7.05. The molecule has 4 atom stereocenters. The van der Waals surface area contributed by atoms with E-state index < -0.39 is 28.5 Å². The van der Waals surface area contributed by atoms with Crippen LogP contribution in [0.3, 0.4) is 0 Å². The van der Waals surface area contributed by atoms with Crippen molar-refractivity contribution in [3.63, 3.8) is 0 Å². The summed E-state index contributed by atoms with van der Waals surface area (Å²) in [5.74, 6) is -1.64. The highest BCUT2D eigenvalue weighted by atomic mass is 16.7. The summed E-state index contributed by atoms with van der Waals surface area (Å²) < 4.78 is 5.54. The molecule has 0 radical (unpaired) electrons. The highest BCUT2D eigenvalue weighted by Crippen LogP contribution is 2.50. The van der Waals surface area contributed by atoms with Gasteiger partial charge in [-0.25, -0.2) is 4.79 Å². The summed E-state index contributed by atoms with van der Waals surface area (Å²) in [6.45, 7) is 3.28. The first-order valence-corrected chi connectivity index (χ1v) is 11.7. The van der Waals surface area contributed by atoms with Gasteiger partial charge in [0.15, 0.2) is 5.60 Å². The van der Waals surface area contributed by atoms with Crippen LogP contribution in [0.4, 0.5) is 5.69 Å². The first-order chi connectivity index (χ1) is 17.2. The topological polar surface area (TPSA) is 132 Å². The molecule has 10 heteroatoms. The molecule has 0 spiro atoms. The van der Waals surface area contributed by atoms with Crippen LogP contribution in [0.15, 0.2) is 71.0 Å². The van der Waals surface area contributed by atoms with Crippen LogP contribution in [0.1, 0.15) is 37.8 Å². The van der Waals surface area contributed by atoms with E-state index in [2.05, 4.69) is 5.16 Å². The molecule has 0 saturated carbocycles. The Morgan fingerprint density at radius 3 is 2.61 bits per heavy atom. The van der Waals surface area contributed by atoms with Crippen molar-refractivity contribution < 1.29 is 29.2 Å². The van der Waals surface area contributed by atoms with Gasteiger partial charge < -0.3 is 19.6 Å². The summed E-state index contributed by atoms with van der Waals surface area (Å²) >= 11 is 0. The lowest BCUT2D eigenvalue weighted by molar-refractivity contribution is -0.384. The summed E-state index contributed by atoms with van der Waals surface area (Å²) in [6, 6.07) is 14.9. The number of benzene rings is 2. The highest BCUT2D eigenvalue weighted by molar-refractivity contribution is 6.03. The number of carbonyl (C=O) groups excluding carboxylic acids is 2.